The Hall–Kier alpha value is -2.89. The summed E-state index contributed by atoms with van der Waals surface area (Å²) in [5.74, 6) is 0. The molecule has 0 bridgehead atoms. The number of aryl methyl sites for hydroxylation is 1. The van der Waals surface area contributed by atoms with Crippen LogP contribution in [0.25, 0.3) is 33.1 Å². The standard InChI is InChI=1S/C18H12F3N3/c1-10-6-7-14(24-10)16-13-8-11-4-2-3-5-12(11)15(18(19,20)21)17(13)23-9-22-16/h2-9,24H,1H3. The lowest BCUT2D eigenvalue weighted by Crippen LogP contribution is -2.08. The van der Waals surface area contributed by atoms with Crippen LogP contribution in [0.5, 0.6) is 0 Å². The van der Waals surface area contributed by atoms with Gasteiger partial charge in [-0.3, -0.25) is 0 Å². The Labute approximate surface area is 135 Å². The number of halogens is 3. The molecule has 3 nitrogen and oxygen atoms in total. The van der Waals surface area contributed by atoms with Crippen LogP contribution in [0, 0.1) is 6.92 Å². The molecule has 0 radical (unpaired) electrons. The van der Waals surface area contributed by atoms with E-state index in [1.807, 2.05) is 13.0 Å². The van der Waals surface area contributed by atoms with Crippen LogP contribution in [0.15, 0.2) is 48.8 Å². The number of aromatic amines is 1. The summed E-state index contributed by atoms with van der Waals surface area (Å²) in [6.07, 6.45) is -3.33. The first-order chi connectivity index (χ1) is 11.4. The molecule has 0 atom stereocenters. The first-order valence-corrected chi connectivity index (χ1v) is 7.35. The Balaban J connectivity index is 2.18. The maximum atomic E-state index is 13.7. The third-order valence-corrected chi connectivity index (χ3v) is 4.02. The lowest BCUT2D eigenvalue weighted by Gasteiger charge is -2.14. The summed E-state index contributed by atoms with van der Waals surface area (Å²) in [7, 11) is 0. The molecule has 0 aliphatic heterocycles. The highest BCUT2D eigenvalue weighted by Gasteiger charge is 2.36. The van der Waals surface area contributed by atoms with Crippen LogP contribution >= 0.6 is 0 Å². The fourth-order valence-corrected chi connectivity index (χ4v) is 3.01. The Morgan fingerprint density at radius 1 is 0.958 bits per heavy atom. The van der Waals surface area contributed by atoms with Crippen LogP contribution < -0.4 is 0 Å². The van der Waals surface area contributed by atoms with E-state index in [1.165, 1.54) is 12.4 Å². The zero-order valence-electron chi connectivity index (χ0n) is 12.6. The highest BCUT2D eigenvalue weighted by molar-refractivity contribution is 6.05. The number of alkyl halides is 3. The van der Waals surface area contributed by atoms with Crippen molar-refractivity contribution in [1.82, 2.24) is 15.0 Å². The van der Waals surface area contributed by atoms with Gasteiger partial charge in [-0.1, -0.05) is 24.3 Å². The lowest BCUT2D eigenvalue weighted by atomic mass is 9.98. The molecule has 0 fully saturated rings. The number of benzene rings is 2. The molecule has 0 aliphatic rings. The van der Waals surface area contributed by atoms with E-state index in [-0.39, 0.29) is 10.9 Å². The Morgan fingerprint density at radius 2 is 1.75 bits per heavy atom. The molecule has 0 unspecified atom stereocenters. The molecule has 2 heterocycles. The van der Waals surface area contributed by atoms with Gasteiger partial charge >= 0.3 is 6.18 Å². The van der Waals surface area contributed by atoms with Gasteiger partial charge in [-0.15, -0.1) is 0 Å². The summed E-state index contributed by atoms with van der Waals surface area (Å²) >= 11 is 0. The third kappa shape index (κ3) is 2.22. The van der Waals surface area contributed by atoms with Crippen molar-refractivity contribution in [2.24, 2.45) is 0 Å². The first-order valence-electron chi connectivity index (χ1n) is 7.35. The molecule has 0 saturated carbocycles. The van der Waals surface area contributed by atoms with Gasteiger partial charge in [-0.2, -0.15) is 13.2 Å². The topological polar surface area (TPSA) is 41.6 Å². The minimum atomic E-state index is -4.50. The van der Waals surface area contributed by atoms with Crippen molar-refractivity contribution in [2.75, 3.05) is 0 Å². The van der Waals surface area contributed by atoms with Crippen molar-refractivity contribution in [3.8, 4) is 11.4 Å². The fraction of sp³-hybridized carbons (Fsp3) is 0.111. The van der Waals surface area contributed by atoms with E-state index in [0.29, 0.717) is 22.2 Å². The zero-order valence-corrected chi connectivity index (χ0v) is 12.6. The Morgan fingerprint density at radius 3 is 2.46 bits per heavy atom. The second-order valence-corrected chi connectivity index (χ2v) is 5.64. The second kappa shape index (κ2) is 5.06. The number of hydrogen-bond donors (Lipinski definition) is 1. The van der Waals surface area contributed by atoms with Crippen LogP contribution in [0.4, 0.5) is 13.2 Å². The minimum absolute atomic E-state index is 0.0848. The van der Waals surface area contributed by atoms with Crippen molar-refractivity contribution in [2.45, 2.75) is 13.1 Å². The molecule has 4 rings (SSSR count). The van der Waals surface area contributed by atoms with Crippen LogP contribution in [0.3, 0.4) is 0 Å². The van der Waals surface area contributed by atoms with Gasteiger partial charge in [0.15, 0.2) is 0 Å². The van der Waals surface area contributed by atoms with Crippen LogP contribution in [0.2, 0.25) is 0 Å². The molecule has 6 heteroatoms. The predicted molar refractivity (Wildman–Crippen MR) is 86.6 cm³/mol. The summed E-state index contributed by atoms with van der Waals surface area (Å²) in [5.41, 5.74) is 1.24. The van der Waals surface area contributed by atoms with Crippen LogP contribution in [-0.4, -0.2) is 15.0 Å². The summed E-state index contributed by atoms with van der Waals surface area (Å²) in [5, 5.41) is 1.03. The summed E-state index contributed by atoms with van der Waals surface area (Å²) in [6, 6.07) is 11.8. The van der Waals surface area contributed by atoms with E-state index in [1.54, 1.807) is 30.3 Å². The average molecular weight is 327 g/mol. The van der Waals surface area contributed by atoms with Crippen molar-refractivity contribution in [3.63, 3.8) is 0 Å². The van der Waals surface area contributed by atoms with Gasteiger partial charge in [-0.25, -0.2) is 9.97 Å². The van der Waals surface area contributed by atoms with Crippen molar-refractivity contribution in [1.29, 1.82) is 0 Å². The fourth-order valence-electron chi connectivity index (χ4n) is 3.01. The summed E-state index contributed by atoms with van der Waals surface area (Å²) in [6.45, 7) is 1.88. The molecule has 0 spiro atoms. The number of hydrogen-bond acceptors (Lipinski definition) is 2. The largest absolute Gasteiger partial charge is 0.419 e. The van der Waals surface area contributed by atoms with E-state index in [0.717, 1.165) is 5.69 Å². The zero-order chi connectivity index (χ0) is 16.9. The first kappa shape index (κ1) is 14.7. The van der Waals surface area contributed by atoms with Gasteiger partial charge in [0.25, 0.3) is 0 Å². The highest BCUT2D eigenvalue weighted by Crippen LogP contribution is 2.41. The summed E-state index contributed by atoms with van der Waals surface area (Å²) < 4.78 is 41.2. The van der Waals surface area contributed by atoms with Gasteiger partial charge in [0, 0.05) is 11.1 Å². The van der Waals surface area contributed by atoms with E-state index in [9.17, 15) is 13.2 Å². The van der Waals surface area contributed by atoms with E-state index >= 15 is 0 Å². The molecule has 2 aromatic heterocycles. The van der Waals surface area contributed by atoms with Crippen molar-refractivity contribution in [3.05, 3.63) is 60.0 Å². The SMILES string of the molecule is Cc1ccc(-c2ncnc3c(C(F)(F)F)c4ccccc4cc23)[nH]1. The molecule has 1 N–H and O–H groups in total. The molecular formula is C18H12F3N3. The number of aromatic nitrogens is 3. The van der Waals surface area contributed by atoms with Gasteiger partial charge < -0.3 is 4.98 Å². The summed E-state index contributed by atoms with van der Waals surface area (Å²) in [4.78, 5) is 11.3. The third-order valence-electron chi connectivity index (χ3n) is 4.02. The molecule has 120 valence electrons. The van der Waals surface area contributed by atoms with Gasteiger partial charge in [-0.05, 0) is 35.9 Å². The van der Waals surface area contributed by atoms with E-state index < -0.39 is 11.7 Å². The number of fused-ring (bicyclic) bond motifs is 2. The van der Waals surface area contributed by atoms with Gasteiger partial charge in [0.2, 0.25) is 0 Å². The molecular weight excluding hydrogens is 315 g/mol. The smallest absolute Gasteiger partial charge is 0.357 e. The maximum Gasteiger partial charge on any atom is 0.419 e. The highest BCUT2D eigenvalue weighted by atomic mass is 19.4. The van der Waals surface area contributed by atoms with Gasteiger partial charge in [0.1, 0.15) is 6.33 Å². The van der Waals surface area contributed by atoms with Crippen LogP contribution in [0.1, 0.15) is 11.3 Å². The number of rotatable bonds is 1. The quantitative estimate of drug-likeness (QED) is 0.494. The molecule has 0 saturated heterocycles. The number of H-pyrrole nitrogens is 1. The predicted octanol–water partition coefficient (Wildman–Crippen LogP) is 5.11. The monoisotopic (exact) mass is 327 g/mol. The molecule has 24 heavy (non-hydrogen) atoms. The molecule has 4 aromatic rings. The maximum absolute atomic E-state index is 13.7. The molecule has 2 aromatic carbocycles. The van der Waals surface area contributed by atoms with E-state index in [4.69, 9.17) is 0 Å². The second-order valence-electron chi connectivity index (χ2n) is 5.64. The minimum Gasteiger partial charge on any atom is -0.357 e. The molecule has 0 aliphatic carbocycles. The lowest BCUT2D eigenvalue weighted by molar-refractivity contribution is -0.135. The number of nitrogens with one attached hydrogen (secondary N) is 1. The van der Waals surface area contributed by atoms with Gasteiger partial charge in [0.05, 0.1) is 22.5 Å². The average Bonchev–Trinajstić information content (AvgIpc) is 2.97. The Bertz CT molecular complexity index is 1060. The van der Waals surface area contributed by atoms with E-state index in [2.05, 4.69) is 15.0 Å². The Kier molecular flexibility index (Phi) is 3.09. The normalized spacial score (nSPS) is 12.2. The van der Waals surface area contributed by atoms with Crippen molar-refractivity contribution < 1.29 is 13.2 Å². The van der Waals surface area contributed by atoms with Crippen molar-refractivity contribution >= 4 is 21.7 Å². The molecule has 0 amide bonds. The number of nitrogens with zero attached hydrogens (tertiary/aromatic N) is 2. The van der Waals surface area contributed by atoms with Crippen LogP contribution in [-0.2, 0) is 6.18 Å².